The predicted octanol–water partition coefficient (Wildman–Crippen LogP) is 2.44. The molecule has 168 valence electrons. The summed E-state index contributed by atoms with van der Waals surface area (Å²) in [5, 5.41) is 13.4. The van der Waals surface area contributed by atoms with Crippen LogP contribution in [0.15, 0.2) is 48.5 Å². The van der Waals surface area contributed by atoms with Crippen LogP contribution in [0.2, 0.25) is 0 Å². The van der Waals surface area contributed by atoms with Crippen LogP contribution in [-0.2, 0) is 9.53 Å². The summed E-state index contributed by atoms with van der Waals surface area (Å²) >= 11 is 0. The summed E-state index contributed by atoms with van der Waals surface area (Å²) in [4.78, 5) is 26.8. The van der Waals surface area contributed by atoms with Crippen molar-refractivity contribution in [2.45, 2.75) is 25.4 Å². The summed E-state index contributed by atoms with van der Waals surface area (Å²) in [6, 6.07) is 16.1. The molecule has 2 aromatic carbocycles. The second-order valence-corrected chi connectivity index (χ2v) is 8.08. The third kappa shape index (κ3) is 4.75. The number of nitrogens with zero attached hydrogens (tertiary/aromatic N) is 2. The number of morpholine rings is 1. The summed E-state index contributed by atoms with van der Waals surface area (Å²) in [6.45, 7) is 4.42. The van der Waals surface area contributed by atoms with Gasteiger partial charge in [-0.1, -0.05) is 37.3 Å². The number of hydrogen-bond acceptors (Lipinski definition) is 5. The highest BCUT2D eigenvalue weighted by molar-refractivity contribution is 6.05. The first-order chi connectivity index (χ1) is 15.6. The lowest BCUT2D eigenvalue weighted by Crippen LogP contribution is -2.50. The Kier molecular flexibility index (Phi) is 6.70. The van der Waals surface area contributed by atoms with Crippen LogP contribution >= 0.6 is 0 Å². The summed E-state index contributed by atoms with van der Waals surface area (Å²) < 4.78 is 5.74. The van der Waals surface area contributed by atoms with Crippen molar-refractivity contribution in [1.82, 2.24) is 20.8 Å². The van der Waals surface area contributed by atoms with Gasteiger partial charge in [-0.3, -0.25) is 14.7 Å². The maximum Gasteiger partial charge on any atom is 0.272 e. The van der Waals surface area contributed by atoms with Crippen LogP contribution in [0.3, 0.4) is 0 Å². The molecule has 0 aliphatic carbocycles. The summed E-state index contributed by atoms with van der Waals surface area (Å²) in [5.41, 5.74) is 3.39. The number of hydrogen-bond donors (Lipinski definition) is 3. The Balaban J connectivity index is 1.34. The highest BCUT2D eigenvalue weighted by atomic mass is 16.5. The minimum absolute atomic E-state index is 0.0838. The van der Waals surface area contributed by atoms with Crippen LogP contribution < -0.4 is 15.5 Å². The Morgan fingerprint density at radius 1 is 1.25 bits per heavy atom. The molecule has 0 radical (unpaired) electrons. The highest BCUT2D eigenvalue weighted by Gasteiger charge is 2.27. The smallest absolute Gasteiger partial charge is 0.272 e. The molecule has 2 atom stereocenters. The zero-order chi connectivity index (χ0) is 22.5. The first kappa shape index (κ1) is 21.8. The number of fused-ring (bicyclic) bond motifs is 1. The van der Waals surface area contributed by atoms with Crippen LogP contribution in [0.5, 0.6) is 0 Å². The van der Waals surface area contributed by atoms with E-state index in [2.05, 4.69) is 44.8 Å². The minimum Gasteiger partial charge on any atom is -0.366 e. The Labute approximate surface area is 187 Å². The van der Waals surface area contributed by atoms with Crippen molar-refractivity contribution in [2.24, 2.45) is 0 Å². The molecule has 2 unspecified atom stereocenters. The number of H-pyrrole nitrogens is 1. The van der Waals surface area contributed by atoms with E-state index in [1.165, 1.54) is 5.56 Å². The maximum atomic E-state index is 12.7. The predicted molar refractivity (Wildman–Crippen MR) is 124 cm³/mol. The lowest BCUT2D eigenvalue weighted by molar-refractivity contribution is -0.133. The van der Waals surface area contributed by atoms with Gasteiger partial charge in [0.25, 0.3) is 11.8 Å². The van der Waals surface area contributed by atoms with Gasteiger partial charge in [0.1, 0.15) is 0 Å². The number of benzene rings is 2. The van der Waals surface area contributed by atoms with Crippen molar-refractivity contribution in [3.8, 4) is 0 Å². The van der Waals surface area contributed by atoms with Crippen LogP contribution in [-0.4, -0.2) is 61.4 Å². The van der Waals surface area contributed by atoms with Gasteiger partial charge in [-0.2, -0.15) is 5.10 Å². The minimum atomic E-state index is -0.519. The number of amides is 2. The van der Waals surface area contributed by atoms with Crippen LogP contribution in [0.25, 0.3) is 10.9 Å². The van der Waals surface area contributed by atoms with Gasteiger partial charge in [-0.15, -0.1) is 0 Å². The molecule has 1 fully saturated rings. The lowest BCUT2D eigenvalue weighted by atomic mass is 9.98. The maximum absolute atomic E-state index is 12.7. The second kappa shape index (κ2) is 9.82. The molecular weight excluding hydrogens is 406 g/mol. The second-order valence-electron chi connectivity index (χ2n) is 8.08. The fourth-order valence-corrected chi connectivity index (χ4v) is 4.01. The number of carbonyl (C=O) groups excluding carboxylic acids is 2. The molecule has 3 N–H and O–H groups in total. The van der Waals surface area contributed by atoms with Crippen molar-refractivity contribution in [2.75, 3.05) is 38.2 Å². The Morgan fingerprint density at radius 3 is 2.84 bits per heavy atom. The molecular formula is C24H29N5O3. The first-order valence-electron chi connectivity index (χ1n) is 11.0. The number of ether oxygens (including phenoxy) is 1. The molecule has 0 bridgehead atoms. The SMILES string of the molecule is CNC(=O)c1n[nH]c2cc(N3CCOC(C(=O)NCCC(C)c4ccccc4)C3)ccc12. The molecule has 2 heterocycles. The van der Waals surface area contributed by atoms with E-state index >= 15 is 0 Å². The molecule has 32 heavy (non-hydrogen) atoms. The number of nitrogens with one attached hydrogen (secondary N) is 3. The monoisotopic (exact) mass is 435 g/mol. The number of carbonyl (C=O) groups is 2. The van der Waals surface area contributed by atoms with E-state index in [9.17, 15) is 9.59 Å². The van der Waals surface area contributed by atoms with Gasteiger partial charge >= 0.3 is 0 Å². The van der Waals surface area contributed by atoms with Gasteiger partial charge in [-0.05, 0) is 36.1 Å². The standard InChI is InChI=1S/C24H29N5O3/c1-16(17-6-4-3-5-7-17)10-11-26-23(30)21-15-29(12-13-32-21)18-8-9-19-20(14-18)27-28-22(19)24(31)25-2/h3-9,14,16,21H,10-13,15H2,1-2H3,(H,25,31)(H,26,30)(H,27,28). The largest absolute Gasteiger partial charge is 0.366 e. The summed E-state index contributed by atoms with van der Waals surface area (Å²) in [5.74, 6) is 0.0641. The molecule has 1 aliphatic heterocycles. The van der Waals surface area contributed by atoms with E-state index in [0.717, 1.165) is 23.0 Å². The van der Waals surface area contributed by atoms with Crippen molar-refractivity contribution in [3.63, 3.8) is 0 Å². The van der Waals surface area contributed by atoms with Crippen LogP contribution in [0.1, 0.15) is 35.3 Å². The molecule has 0 saturated carbocycles. The van der Waals surface area contributed by atoms with Gasteiger partial charge in [0.15, 0.2) is 11.8 Å². The average Bonchev–Trinajstić information content (AvgIpc) is 3.27. The Hall–Kier alpha value is -3.39. The Morgan fingerprint density at radius 2 is 2.06 bits per heavy atom. The zero-order valence-corrected chi connectivity index (χ0v) is 18.4. The van der Waals surface area contributed by atoms with Crippen molar-refractivity contribution >= 4 is 28.4 Å². The van der Waals surface area contributed by atoms with Gasteiger partial charge < -0.3 is 20.3 Å². The number of aromatic amines is 1. The zero-order valence-electron chi connectivity index (χ0n) is 18.4. The van der Waals surface area contributed by atoms with Crippen molar-refractivity contribution < 1.29 is 14.3 Å². The quantitative estimate of drug-likeness (QED) is 0.529. The third-order valence-electron chi connectivity index (χ3n) is 5.96. The van der Waals surface area contributed by atoms with Crippen molar-refractivity contribution in [3.05, 3.63) is 59.8 Å². The number of rotatable bonds is 7. The van der Waals surface area contributed by atoms with Crippen LogP contribution in [0, 0.1) is 0 Å². The van der Waals surface area contributed by atoms with Gasteiger partial charge in [0.05, 0.1) is 18.7 Å². The van der Waals surface area contributed by atoms with E-state index in [1.54, 1.807) is 7.05 Å². The summed E-state index contributed by atoms with van der Waals surface area (Å²) in [7, 11) is 1.58. The van der Waals surface area contributed by atoms with E-state index in [-0.39, 0.29) is 11.8 Å². The Bertz CT molecular complexity index is 1080. The van der Waals surface area contributed by atoms with Crippen molar-refractivity contribution in [1.29, 1.82) is 0 Å². The summed E-state index contributed by atoms with van der Waals surface area (Å²) in [6.07, 6.45) is 0.353. The molecule has 1 saturated heterocycles. The average molecular weight is 436 g/mol. The molecule has 8 nitrogen and oxygen atoms in total. The number of aromatic nitrogens is 2. The highest BCUT2D eigenvalue weighted by Crippen LogP contribution is 2.25. The molecule has 2 amide bonds. The molecule has 1 aromatic heterocycles. The molecule has 3 aromatic rings. The fourth-order valence-electron chi connectivity index (χ4n) is 4.01. The lowest BCUT2D eigenvalue weighted by Gasteiger charge is -2.33. The van der Waals surface area contributed by atoms with Gasteiger partial charge in [-0.25, -0.2) is 0 Å². The molecule has 1 aliphatic rings. The number of anilines is 1. The van der Waals surface area contributed by atoms with E-state index < -0.39 is 6.10 Å². The van der Waals surface area contributed by atoms with Gasteiger partial charge in [0, 0.05) is 31.2 Å². The fraction of sp³-hybridized carbons (Fsp3) is 0.375. The third-order valence-corrected chi connectivity index (χ3v) is 5.96. The molecule has 4 rings (SSSR count). The van der Waals surface area contributed by atoms with Gasteiger partial charge in [0.2, 0.25) is 0 Å². The molecule has 8 heteroatoms. The first-order valence-corrected chi connectivity index (χ1v) is 11.0. The van der Waals surface area contributed by atoms with Crippen LogP contribution in [0.4, 0.5) is 5.69 Å². The van der Waals surface area contributed by atoms with E-state index in [0.29, 0.717) is 37.9 Å². The normalized spacial score (nSPS) is 17.2. The topological polar surface area (TPSA) is 99.3 Å². The van der Waals surface area contributed by atoms with E-state index in [4.69, 9.17) is 4.74 Å². The van der Waals surface area contributed by atoms with E-state index in [1.807, 2.05) is 36.4 Å². The molecule has 0 spiro atoms.